The zero-order chi connectivity index (χ0) is 97.2. The van der Waals surface area contributed by atoms with Crippen molar-refractivity contribution in [3.8, 4) is 90.1 Å². The number of aryl methyl sites for hydroxylation is 4. The molecule has 2 unspecified atom stereocenters. The van der Waals surface area contributed by atoms with Crippen molar-refractivity contribution in [1.29, 1.82) is 0 Å². The molecule has 8 aromatic carbocycles. The van der Waals surface area contributed by atoms with Crippen molar-refractivity contribution in [3.63, 3.8) is 0 Å². The maximum absolute atomic E-state index is 4.78. The molecule has 0 spiro atoms. The predicted molar refractivity (Wildman–Crippen MR) is 583 cm³/mol. The first-order valence-electron chi connectivity index (χ1n) is 47.2. The fraction of sp³-hybridized carbons (Fsp3) is 0.279. The van der Waals surface area contributed by atoms with Gasteiger partial charge >= 0.3 is 0 Å². The van der Waals surface area contributed by atoms with Crippen LogP contribution in [0.2, 0.25) is 78.6 Å². The topological polar surface area (TPSA) is 103 Å². The van der Waals surface area contributed by atoms with Crippen LogP contribution in [0.3, 0.4) is 0 Å². The number of aromatic nitrogens is 8. The minimum Gasteiger partial charge on any atom is -0.305 e. The van der Waals surface area contributed by atoms with Crippen LogP contribution in [0.1, 0.15) is 132 Å². The molecule has 8 nitrogen and oxygen atoms in total. The molecule has 138 heavy (non-hydrogen) atoms. The van der Waals surface area contributed by atoms with E-state index in [-0.39, 0.29) is 85.8 Å². The van der Waals surface area contributed by atoms with Gasteiger partial charge in [0.05, 0.1) is 32.3 Å². The van der Waals surface area contributed by atoms with Crippen LogP contribution in [-0.2, 0) is 93.3 Å². The second-order valence-corrected chi connectivity index (χ2v) is 60.5. The van der Waals surface area contributed by atoms with Crippen molar-refractivity contribution in [2.45, 2.75) is 207 Å². The fourth-order valence-electron chi connectivity index (χ4n) is 15.3. The summed E-state index contributed by atoms with van der Waals surface area (Å²) in [5, 5.41) is 5.97. The van der Waals surface area contributed by atoms with Gasteiger partial charge in [0.1, 0.15) is 0 Å². The van der Waals surface area contributed by atoms with E-state index >= 15 is 0 Å². The number of benzene rings is 8. The second-order valence-electron chi connectivity index (χ2n) is 40.3. The molecule has 16 heteroatoms. The molecule has 0 fully saturated rings. The zero-order valence-corrected chi connectivity index (χ0v) is 99.4. The van der Waals surface area contributed by atoms with E-state index < -0.39 is 32.3 Å². The largest absolute Gasteiger partial charge is 0.305 e. The minimum absolute atomic E-state index is 0. The summed E-state index contributed by atoms with van der Waals surface area (Å²) in [5.41, 5.74) is 27.9. The maximum Gasteiger partial charge on any atom is 0.0799 e. The van der Waals surface area contributed by atoms with Gasteiger partial charge in [0.25, 0.3) is 0 Å². The molecular weight excluding hydrogens is 2460 g/mol. The van der Waals surface area contributed by atoms with E-state index in [1.807, 2.05) is 218 Å². The zero-order valence-electron chi connectivity index (χ0n) is 85.9. The van der Waals surface area contributed by atoms with Crippen LogP contribution in [0.5, 0.6) is 0 Å². The van der Waals surface area contributed by atoms with Gasteiger partial charge in [-0.25, -0.2) is 0 Å². The Bertz CT molecular complexity index is 5760. The van der Waals surface area contributed by atoms with Crippen LogP contribution in [0.4, 0.5) is 0 Å². The molecule has 0 saturated heterocycles. The molecule has 0 saturated carbocycles. The molecule has 0 bridgehead atoms. The molecule has 8 heterocycles. The molecule has 2 atom stereocenters. The normalized spacial score (nSPS) is 11.3. The smallest absolute Gasteiger partial charge is 0.0799 e. The van der Waals surface area contributed by atoms with Crippen molar-refractivity contribution in [3.05, 3.63) is 410 Å². The third-order valence-electron chi connectivity index (χ3n) is 22.9. The standard InChI is InChI=1S/2C20H28NSi.2C19H26NSi.4C11H8N.4Ir/c1-15-10-8-9-11-17(15)18-12-16(13-20(2,3)4)19(14-21-18)22(5,6)7;1-14(2)16(4)18-12-19(17-11-9-8-10-15(17)3)21-13-20(18)22(5,6)7;1-14(2)11-16-12-18(17-10-8-7-9-15(17)3)20-13-19(16)21(4,5)6;1-7-14(2)17-12-18(16-11-9-8-10-15(16)3)20-13-19(17)21(4,5)6;4*1-2-6-10(7-3-1)11-8-4-5-9-12-11;;;;/h8-10,12,14H,13H2,1-7H3;8-10,12-14,16H,1-7H3;7-9,12-14H,11H2,1-6H3;8-10,12-14H,7H2,1-6H3;4*1-6,8-9H;;;;/q8*-1;;;;. The van der Waals surface area contributed by atoms with E-state index in [0.717, 1.165) is 103 Å². The summed E-state index contributed by atoms with van der Waals surface area (Å²) in [6.45, 7) is 60.3. The Hall–Kier alpha value is -9.58. The first kappa shape index (κ1) is 119. The Labute approximate surface area is 888 Å². The van der Waals surface area contributed by atoms with Gasteiger partial charge in [-0.3, -0.25) is 0 Å². The number of nitrogens with zero attached hydrogens (tertiary/aromatic N) is 8. The average Bonchev–Trinajstić information content (AvgIpc) is 0.802. The molecule has 0 N–H and O–H groups in total. The Kier molecular flexibility index (Phi) is 50.0. The van der Waals surface area contributed by atoms with Gasteiger partial charge in [0.15, 0.2) is 0 Å². The van der Waals surface area contributed by atoms with Crippen molar-refractivity contribution in [2.75, 3.05) is 0 Å². The number of hydrogen-bond acceptors (Lipinski definition) is 8. The molecular formula is C122H140Ir4N8Si4-8. The number of pyridine rings is 8. The van der Waals surface area contributed by atoms with Gasteiger partial charge in [0.2, 0.25) is 0 Å². The Balaban J connectivity index is 0.000000281. The second kappa shape index (κ2) is 58.0. The molecule has 16 rings (SSSR count). The first-order chi connectivity index (χ1) is 63.8. The summed E-state index contributed by atoms with van der Waals surface area (Å²) >= 11 is 0. The molecule has 728 valence electrons. The minimum atomic E-state index is -1.40. The molecule has 0 amide bonds. The molecule has 8 aromatic heterocycles. The van der Waals surface area contributed by atoms with Crippen LogP contribution in [0.15, 0.2) is 316 Å². The summed E-state index contributed by atoms with van der Waals surface area (Å²) in [6.07, 6.45) is 19.0. The summed E-state index contributed by atoms with van der Waals surface area (Å²) in [4.78, 5) is 35.9. The Morgan fingerprint density at radius 2 is 0.543 bits per heavy atom. The Morgan fingerprint density at radius 1 is 0.283 bits per heavy atom. The third kappa shape index (κ3) is 37.8. The van der Waals surface area contributed by atoms with E-state index in [1.54, 1.807) is 24.8 Å². The van der Waals surface area contributed by atoms with Crippen LogP contribution in [-0.4, -0.2) is 72.2 Å². The first-order valence-corrected chi connectivity index (χ1v) is 61.2. The number of rotatable bonds is 19. The molecule has 16 aromatic rings. The Morgan fingerprint density at radius 3 is 0.790 bits per heavy atom. The van der Waals surface area contributed by atoms with Gasteiger partial charge in [-0.2, -0.15) is 0 Å². The molecule has 0 aliphatic heterocycles. The summed E-state index contributed by atoms with van der Waals surface area (Å²) < 4.78 is 0. The van der Waals surface area contributed by atoms with E-state index in [0.29, 0.717) is 23.7 Å². The van der Waals surface area contributed by atoms with E-state index in [1.165, 1.54) is 71.7 Å². The SMILES string of the molecule is CCC(C)c1cc(-c2[c-]cccc2C)ncc1[Si](C)(C)C.Cc1ccc[c-]c1-c1cc(C(C)C(C)C)c([Si](C)(C)C)cn1.Cc1ccc[c-]c1-c1cc(CC(C)(C)C)c([Si](C)(C)C)cn1.Cc1ccc[c-]c1-c1cc(CC(C)C)c([Si](C)(C)C)cn1.[Ir].[Ir].[Ir].[Ir].[c-]1ccccc1-c1ccccn1.[c-]1ccccc1-c1ccccn1.[c-]1ccccc1-c1ccccn1.[c-]1ccccc1-c1ccccn1. The van der Waals surface area contributed by atoms with Gasteiger partial charge in [-0.05, 0) is 139 Å². The van der Waals surface area contributed by atoms with Crippen molar-refractivity contribution < 1.29 is 80.4 Å². The fourth-order valence-corrected chi connectivity index (χ4v) is 21.7. The average molecular weight is 2600 g/mol. The number of hydrogen-bond donors (Lipinski definition) is 0. The monoisotopic (exact) mass is 2600 g/mol. The van der Waals surface area contributed by atoms with Crippen molar-refractivity contribution >= 4 is 53.0 Å². The van der Waals surface area contributed by atoms with Crippen LogP contribution < -0.4 is 20.7 Å². The van der Waals surface area contributed by atoms with Crippen molar-refractivity contribution in [1.82, 2.24) is 39.9 Å². The van der Waals surface area contributed by atoms with Gasteiger partial charge in [-0.1, -0.05) is 271 Å². The van der Waals surface area contributed by atoms with E-state index in [4.69, 9.17) is 19.9 Å². The predicted octanol–water partition coefficient (Wildman–Crippen LogP) is 29.9. The van der Waals surface area contributed by atoms with Gasteiger partial charge in [-0.15, -0.1) is 285 Å². The molecule has 0 aliphatic rings. The third-order valence-corrected chi connectivity index (χ3v) is 31.1. The van der Waals surface area contributed by atoms with Crippen LogP contribution in [0, 0.1) is 93.5 Å². The van der Waals surface area contributed by atoms with E-state index in [9.17, 15) is 0 Å². The maximum atomic E-state index is 4.78. The van der Waals surface area contributed by atoms with Crippen LogP contribution in [0.25, 0.3) is 90.1 Å². The van der Waals surface area contributed by atoms with E-state index in [2.05, 4.69) is 317 Å². The summed E-state index contributed by atoms with van der Waals surface area (Å²) in [5.74, 6) is 2.42. The van der Waals surface area contributed by atoms with Gasteiger partial charge in [0, 0.05) is 130 Å². The van der Waals surface area contributed by atoms with Crippen LogP contribution >= 0.6 is 0 Å². The van der Waals surface area contributed by atoms with Gasteiger partial charge < -0.3 is 39.9 Å². The molecule has 0 aliphatic carbocycles. The quantitative estimate of drug-likeness (QED) is 0.0583. The summed E-state index contributed by atoms with van der Waals surface area (Å²) in [6, 6.07) is 114. The summed E-state index contributed by atoms with van der Waals surface area (Å²) in [7, 11) is -5.51. The molecule has 4 radical (unpaired) electrons. The van der Waals surface area contributed by atoms with Crippen molar-refractivity contribution in [2.24, 2.45) is 17.3 Å².